The van der Waals surface area contributed by atoms with Gasteiger partial charge in [0, 0.05) is 16.0 Å². The Morgan fingerprint density at radius 2 is 1.85 bits per heavy atom. The second kappa shape index (κ2) is 7.31. The number of carbonyl (C=O) groups is 1. The number of amides is 1. The molecule has 1 amide bonds. The first-order valence-corrected chi connectivity index (χ1v) is 7.51. The molecular formula is C15H13BrClNO2. The quantitative estimate of drug-likeness (QED) is 0.815. The molecule has 0 spiro atoms. The molecule has 0 bridgehead atoms. The lowest BCUT2D eigenvalue weighted by Crippen LogP contribution is -2.20. The van der Waals surface area contributed by atoms with Crippen molar-refractivity contribution >= 4 is 39.1 Å². The van der Waals surface area contributed by atoms with E-state index in [0.29, 0.717) is 16.1 Å². The summed E-state index contributed by atoms with van der Waals surface area (Å²) in [6.45, 7) is -0.0434. The Hall–Kier alpha value is -1.52. The molecule has 0 aliphatic rings. The van der Waals surface area contributed by atoms with Crippen LogP contribution in [0.25, 0.3) is 0 Å². The Morgan fingerprint density at radius 3 is 2.55 bits per heavy atom. The van der Waals surface area contributed by atoms with Gasteiger partial charge in [-0.15, -0.1) is 0 Å². The average molecular weight is 355 g/mol. The molecule has 2 rings (SSSR count). The molecule has 0 saturated carbocycles. The molecule has 2 aromatic rings. The van der Waals surface area contributed by atoms with Crippen molar-refractivity contribution in [3.8, 4) is 5.75 Å². The summed E-state index contributed by atoms with van der Waals surface area (Å²) in [6.07, 6.45) is 0. The van der Waals surface area contributed by atoms with E-state index < -0.39 is 0 Å². The van der Waals surface area contributed by atoms with Gasteiger partial charge in [-0.3, -0.25) is 4.79 Å². The highest BCUT2D eigenvalue weighted by atomic mass is 79.9. The summed E-state index contributed by atoms with van der Waals surface area (Å²) in [5, 5.41) is 4.14. The largest absolute Gasteiger partial charge is 0.484 e. The number of halogens is 2. The van der Waals surface area contributed by atoms with Crippen LogP contribution in [0.1, 0.15) is 5.56 Å². The monoisotopic (exact) mass is 353 g/mol. The normalized spacial score (nSPS) is 10.1. The third-order valence-corrected chi connectivity index (χ3v) is 3.48. The van der Waals surface area contributed by atoms with Crippen LogP contribution in [0.4, 0.5) is 5.69 Å². The van der Waals surface area contributed by atoms with Gasteiger partial charge in [-0.1, -0.05) is 45.7 Å². The lowest BCUT2D eigenvalue weighted by atomic mass is 10.2. The molecule has 0 unspecified atom stereocenters. The minimum atomic E-state index is -0.201. The highest BCUT2D eigenvalue weighted by molar-refractivity contribution is 9.08. The lowest BCUT2D eigenvalue weighted by molar-refractivity contribution is -0.118. The van der Waals surface area contributed by atoms with Crippen LogP contribution >= 0.6 is 27.5 Å². The minimum Gasteiger partial charge on any atom is -0.484 e. The zero-order valence-corrected chi connectivity index (χ0v) is 12.9. The van der Waals surface area contributed by atoms with Crippen molar-refractivity contribution in [3.63, 3.8) is 0 Å². The predicted molar refractivity (Wildman–Crippen MR) is 84.6 cm³/mol. The van der Waals surface area contributed by atoms with Crippen molar-refractivity contribution in [2.45, 2.75) is 5.33 Å². The number of hydrogen-bond donors (Lipinski definition) is 1. The molecule has 0 atom stereocenters. The van der Waals surface area contributed by atoms with Crippen molar-refractivity contribution in [3.05, 3.63) is 59.1 Å². The van der Waals surface area contributed by atoms with Crippen molar-refractivity contribution in [1.29, 1.82) is 0 Å². The highest BCUT2D eigenvalue weighted by Crippen LogP contribution is 2.18. The van der Waals surface area contributed by atoms with E-state index in [1.807, 2.05) is 24.3 Å². The van der Waals surface area contributed by atoms with Crippen molar-refractivity contribution < 1.29 is 9.53 Å². The summed E-state index contributed by atoms with van der Waals surface area (Å²) in [5.41, 5.74) is 1.81. The Kier molecular flexibility index (Phi) is 5.44. The summed E-state index contributed by atoms with van der Waals surface area (Å²) in [4.78, 5) is 11.8. The standard InChI is InChI=1S/C15H13BrClNO2/c16-9-11-3-1-2-4-14(11)18-15(19)10-20-13-7-5-12(17)6-8-13/h1-8H,9-10H2,(H,18,19). The van der Waals surface area contributed by atoms with E-state index in [0.717, 1.165) is 11.3 Å². The van der Waals surface area contributed by atoms with E-state index >= 15 is 0 Å². The van der Waals surface area contributed by atoms with Crippen LogP contribution in [-0.4, -0.2) is 12.5 Å². The maximum Gasteiger partial charge on any atom is 0.262 e. The number of hydrogen-bond acceptors (Lipinski definition) is 2. The zero-order chi connectivity index (χ0) is 14.4. The topological polar surface area (TPSA) is 38.3 Å². The summed E-state index contributed by atoms with van der Waals surface area (Å²) in [6, 6.07) is 14.5. The van der Waals surface area contributed by atoms with Crippen LogP contribution in [-0.2, 0) is 10.1 Å². The lowest BCUT2D eigenvalue weighted by Gasteiger charge is -2.10. The predicted octanol–water partition coefficient (Wildman–Crippen LogP) is 4.25. The molecule has 3 nitrogen and oxygen atoms in total. The van der Waals surface area contributed by atoms with Crippen LogP contribution in [0, 0.1) is 0 Å². The number of rotatable bonds is 5. The van der Waals surface area contributed by atoms with E-state index in [-0.39, 0.29) is 12.5 Å². The number of benzene rings is 2. The second-order valence-corrected chi connectivity index (χ2v) is 5.08. The number of para-hydroxylation sites is 1. The molecule has 20 heavy (non-hydrogen) atoms. The van der Waals surface area contributed by atoms with Gasteiger partial charge in [-0.2, -0.15) is 0 Å². The number of carbonyl (C=O) groups excluding carboxylic acids is 1. The zero-order valence-electron chi connectivity index (χ0n) is 10.6. The summed E-state index contributed by atoms with van der Waals surface area (Å²) >= 11 is 9.16. The van der Waals surface area contributed by atoms with Crippen molar-refractivity contribution in [2.75, 3.05) is 11.9 Å². The van der Waals surface area contributed by atoms with Gasteiger partial charge in [-0.25, -0.2) is 0 Å². The van der Waals surface area contributed by atoms with Crippen LogP contribution < -0.4 is 10.1 Å². The van der Waals surface area contributed by atoms with E-state index in [1.165, 1.54) is 0 Å². The Morgan fingerprint density at radius 1 is 1.15 bits per heavy atom. The van der Waals surface area contributed by atoms with Crippen LogP contribution in [0.2, 0.25) is 5.02 Å². The fraction of sp³-hybridized carbons (Fsp3) is 0.133. The Balaban J connectivity index is 1.91. The summed E-state index contributed by atoms with van der Waals surface area (Å²) < 4.78 is 5.39. The molecule has 0 aliphatic heterocycles. The molecule has 0 heterocycles. The fourth-order valence-electron chi connectivity index (χ4n) is 1.62. The van der Waals surface area contributed by atoms with E-state index in [2.05, 4.69) is 21.2 Å². The molecule has 5 heteroatoms. The van der Waals surface area contributed by atoms with Gasteiger partial charge in [0.1, 0.15) is 5.75 Å². The van der Waals surface area contributed by atoms with Crippen molar-refractivity contribution in [1.82, 2.24) is 0 Å². The molecular weight excluding hydrogens is 342 g/mol. The third-order valence-electron chi connectivity index (χ3n) is 2.62. The van der Waals surface area contributed by atoms with Crippen molar-refractivity contribution in [2.24, 2.45) is 0 Å². The molecule has 0 aliphatic carbocycles. The maximum absolute atomic E-state index is 11.8. The Bertz CT molecular complexity index is 587. The van der Waals surface area contributed by atoms with Gasteiger partial charge in [0.15, 0.2) is 6.61 Å². The molecule has 104 valence electrons. The van der Waals surface area contributed by atoms with Gasteiger partial charge in [0.05, 0.1) is 0 Å². The fourth-order valence-corrected chi connectivity index (χ4v) is 2.24. The molecule has 1 N–H and O–H groups in total. The SMILES string of the molecule is O=C(COc1ccc(Cl)cc1)Nc1ccccc1CBr. The van der Waals surface area contributed by atoms with Crippen LogP contribution in [0.5, 0.6) is 5.75 Å². The van der Waals surface area contributed by atoms with Gasteiger partial charge in [0.25, 0.3) is 5.91 Å². The van der Waals surface area contributed by atoms with Gasteiger partial charge in [0.2, 0.25) is 0 Å². The number of alkyl halides is 1. The average Bonchev–Trinajstić information content (AvgIpc) is 2.47. The van der Waals surface area contributed by atoms with E-state index in [9.17, 15) is 4.79 Å². The van der Waals surface area contributed by atoms with E-state index in [1.54, 1.807) is 24.3 Å². The number of nitrogens with one attached hydrogen (secondary N) is 1. The third kappa shape index (κ3) is 4.25. The first-order valence-electron chi connectivity index (χ1n) is 6.01. The van der Waals surface area contributed by atoms with Gasteiger partial charge in [-0.05, 0) is 35.9 Å². The summed E-state index contributed by atoms with van der Waals surface area (Å²) in [7, 11) is 0. The molecule has 0 fully saturated rings. The second-order valence-electron chi connectivity index (χ2n) is 4.08. The molecule has 0 radical (unpaired) electrons. The van der Waals surface area contributed by atoms with E-state index in [4.69, 9.17) is 16.3 Å². The number of ether oxygens (including phenoxy) is 1. The smallest absolute Gasteiger partial charge is 0.262 e. The first kappa shape index (κ1) is 14.9. The maximum atomic E-state index is 11.8. The first-order chi connectivity index (χ1) is 9.69. The van der Waals surface area contributed by atoms with Gasteiger partial charge >= 0.3 is 0 Å². The van der Waals surface area contributed by atoms with Gasteiger partial charge < -0.3 is 10.1 Å². The minimum absolute atomic E-state index is 0.0434. The number of anilines is 1. The molecule has 2 aromatic carbocycles. The molecule has 0 aromatic heterocycles. The van der Waals surface area contributed by atoms with Crippen LogP contribution in [0.15, 0.2) is 48.5 Å². The molecule has 0 saturated heterocycles. The Labute approximate surface area is 131 Å². The summed E-state index contributed by atoms with van der Waals surface area (Å²) in [5.74, 6) is 0.409. The van der Waals surface area contributed by atoms with Crippen LogP contribution in [0.3, 0.4) is 0 Å². The highest BCUT2D eigenvalue weighted by Gasteiger charge is 2.06.